The van der Waals surface area contributed by atoms with E-state index in [1.165, 1.54) is 9.91 Å². The first kappa shape index (κ1) is 54.1. The molecule has 5 heterocycles. The highest BCUT2D eigenvalue weighted by Gasteiger charge is 2.41. The number of methoxy groups -OCH3 is 1. The highest BCUT2D eigenvalue weighted by Crippen LogP contribution is 2.42. The summed E-state index contributed by atoms with van der Waals surface area (Å²) in [5, 5.41) is 5.59. The third-order valence-electron chi connectivity index (χ3n) is 13.1. The first-order chi connectivity index (χ1) is 33.1. The number of pyridine rings is 1. The standard InChI is InChI=1S/C51H63N7O7.2C2H6/c1-9-57-43-20-19-36-27-39(43)40(46(57)38-17-13-21-52-44(38)33(4)64-8)28-51(5,6)31-65-50(63)41-18-14-23-58(54-41)49(62)42(26-34-15-12-16-35(36)25-34)53-47(60)45(32(2)3)55(7)48(61)37-29-56(30-37)22-10-11-24-59;2*1-2/h12-13,15-17,19-21,24-25,27,32-33,37,41-42,45,54H,9,14,18,22-23,26,28-31H2,1-8H3,(H,53,60);2*1-2H3. The van der Waals surface area contributed by atoms with Gasteiger partial charge in [0.15, 0.2) is 6.29 Å². The number of hydrogen-bond acceptors (Lipinski definition) is 10. The number of esters is 1. The highest BCUT2D eigenvalue weighted by molar-refractivity contribution is 5.96. The van der Waals surface area contributed by atoms with Gasteiger partial charge in [-0.1, -0.05) is 91.6 Å². The van der Waals surface area contributed by atoms with Crippen LogP contribution in [0.3, 0.4) is 0 Å². The average Bonchev–Trinajstić information content (AvgIpc) is 3.65. The fourth-order valence-electron chi connectivity index (χ4n) is 9.65. The van der Waals surface area contributed by atoms with Gasteiger partial charge in [-0.15, -0.1) is 0 Å². The van der Waals surface area contributed by atoms with Gasteiger partial charge in [0.1, 0.15) is 18.1 Å². The van der Waals surface area contributed by atoms with Gasteiger partial charge in [0, 0.05) is 74.8 Å². The molecule has 372 valence electrons. The van der Waals surface area contributed by atoms with E-state index in [0.29, 0.717) is 58.3 Å². The van der Waals surface area contributed by atoms with Crippen LogP contribution in [0.5, 0.6) is 0 Å². The maximum absolute atomic E-state index is 14.7. The molecule has 69 heavy (non-hydrogen) atoms. The van der Waals surface area contributed by atoms with E-state index in [4.69, 9.17) is 14.5 Å². The number of likely N-dealkylation sites (tertiary alicyclic amines) is 1. The number of aryl methyl sites for hydroxylation is 1. The fraction of sp³-hybridized carbons (Fsp3) is 0.527. The molecule has 0 spiro atoms. The van der Waals surface area contributed by atoms with E-state index in [-0.39, 0.29) is 42.8 Å². The molecular weight excluding hydrogens is 871 g/mol. The van der Waals surface area contributed by atoms with Crippen LogP contribution >= 0.6 is 0 Å². The van der Waals surface area contributed by atoms with Crippen molar-refractivity contribution in [3.63, 3.8) is 0 Å². The molecule has 14 heteroatoms. The summed E-state index contributed by atoms with van der Waals surface area (Å²) in [7, 11) is 3.32. The first-order valence-electron chi connectivity index (χ1n) is 24.8. The number of hydrogen-bond donors (Lipinski definition) is 2. The molecule has 2 N–H and O–H groups in total. The number of fused-ring (bicyclic) bond motifs is 6. The second-order valence-corrected chi connectivity index (χ2v) is 18.8. The van der Waals surface area contributed by atoms with Crippen LogP contribution in [0.15, 0.2) is 60.8 Å². The van der Waals surface area contributed by atoms with Crippen molar-refractivity contribution in [1.82, 2.24) is 35.1 Å². The third kappa shape index (κ3) is 12.5. The minimum absolute atomic E-state index is 0.140. The van der Waals surface area contributed by atoms with E-state index in [1.54, 1.807) is 20.4 Å². The van der Waals surface area contributed by atoms with Crippen molar-refractivity contribution < 1.29 is 33.4 Å². The van der Waals surface area contributed by atoms with Crippen molar-refractivity contribution in [3.8, 4) is 34.2 Å². The Bertz CT molecular complexity index is 2500. The van der Waals surface area contributed by atoms with E-state index in [0.717, 1.165) is 50.1 Å². The van der Waals surface area contributed by atoms with Gasteiger partial charge in [-0.2, -0.15) is 0 Å². The number of nitrogens with one attached hydrogen (secondary N) is 2. The predicted octanol–water partition coefficient (Wildman–Crippen LogP) is 7.42. The van der Waals surface area contributed by atoms with Crippen LogP contribution in [-0.4, -0.2) is 119 Å². The summed E-state index contributed by atoms with van der Waals surface area (Å²) >= 11 is 0. The van der Waals surface area contributed by atoms with Crippen LogP contribution in [0.2, 0.25) is 0 Å². The largest absolute Gasteiger partial charge is 0.464 e. The molecule has 14 nitrogen and oxygen atoms in total. The van der Waals surface area contributed by atoms with Crippen molar-refractivity contribution in [2.45, 2.75) is 126 Å². The lowest BCUT2D eigenvalue weighted by atomic mass is 9.84. The lowest BCUT2D eigenvalue weighted by Crippen LogP contribution is -2.63. The Balaban J connectivity index is 0.00000216. The SMILES string of the molecule is CC.CC.CCn1c(-c2cccnc2C(C)OC)c2c3cc(ccc31)-c1cccc(c1)CC(NC(=O)C(C(C)C)N(C)C(=O)C1CN(CC#CC=O)C1)C(=O)N1CCCC(N1)C(=O)OCC(C)(C)C2. The number of carbonyl (C=O) groups excluding carboxylic acids is 5. The number of amides is 3. The Hall–Kier alpha value is -5.88. The van der Waals surface area contributed by atoms with Gasteiger partial charge in [-0.3, -0.25) is 38.9 Å². The number of hydrazine groups is 1. The van der Waals surface area contributed by atoms with Gasteiger partial charge in [0.05, 0.1) is 36.6 Å². The van der Waals surface area contributed by atoms with Crippen LogP contribution in [0.4, 0.5) is 0 Å². The summed E-state index contributed by atoms with van der Waals surface area (Å²) < 4.78 is 14.3. The van der Waals surface area contributed by atoms with Crippen LogP contribution in [0.1, 0.15) is 105 Å². The second kappa shape index (κ2) is 24.6. The normalized spacial score (nSPS) is 19.2. The maximum Gasteiger partial charge on any atom is 0.324 e. The van der Waals surface area contributed by atoms with Crippen LogP contribution in [-0.2, 0) is 52.8 Å². The molecule has 3 aliphatic heterocycles. The van der Waals surface area contributed by atoms with Crippen molar-refractivity contribution in [2.24, 2.45) is 17.3 Å². The summed E-state index contributed by atoms with van der Waals surface area (Å²) in [5.74, 6) is 3.13. The van der Waals surface area contributed by atoms with E-state index >= 15 is 0 Å². The second-order valence-electron chi connectivity index (χ2n) is 18.8. The summed E-state index contributed by atoms with van der Waals surface area (Å²) in [6, 6.07) is 16.0. The third-order valence-corrected chi connectivity index (χ3v) is 13.1. The molecule has 4 unspecified atom stereocenters. The number of cyclic esters (lactones) is 1. The van der Waals surface area contributed by atoms with Gasteiger partial charge in [-0.25, -0.2) is 5.43 Å². The zero-order chi connectivity index (χ0) is 50.6. The first-order valence-corrected chi connectivity index (χ1v) is 24.8. The Kier molecular flexibility index (Phi) is 19.3. The summed E-state index contributed by atoms with van der Waals surface area (Å²) in [6.45, 7) is 22.6. The quantitative estimate of drug-likeness (QED) is 0.0933. The predicted molar refractivity (Wildman–Crippen MR) is 272 cm³/mol. The molecule has 7 rings (SSSR count). The fourth-order valence-corrected chi connectivity index (χ4v) is 9.65. The topological polar surface area (TPSA) is 155 Å². The summed E-state index contributed by atoms with van der Waals surface area (Å²) in [4.78, 5) is 75.6. The molecule has 2 saturated heterocycles. The van der Waals surface area contributed by atoms with E-state index in [2.05, 4.69) is 84.3 Å². The van der Waals surface area contributed by atoms with E-state index < -0.39 is 35.4 Å². The number of aromatic nitrogens is 2. The van der Waals surface area contributed by atoms with Crippen molar-refractivity contribution in [2.75, 3.05) is 46.9 Å². The minimum Gasteiger partial charge on any atom is -0.464 e. The zero-order valence-corrected chi connectivity index (χ0v) is 43.0. The molecule has 2 fully saturated rings. The zero-order valence-electron chi connectivity index (χ0n) is 43.0. The molecule has 0 saturated carbocycles. The van der Waals surface area contributed by atoms with Crippen LogP contribution < -0.4 is 10.7 Å². The number of likely N-dealkylation sites (N-methyl/N-ethyl adjacent to an activating group) is 1. The van der Waals surface area contributed by atoms with E-state index in [1.807, 2.05) is 71.6 Å². The van der Waals surface area contributed by atoms with Crippen LogP contribution in [0, 0.1) is 29.1 Å². The molecule has 3 amide bonds. The average molecular weight is 946 g/mol. The van der Waals surface area contributed by atoms with Gasteiger partial charge in [-0.05, 0) is 91.5 Å². The van der Waals surface area contributed by atoms with E-state index in [9.17, 15) is 24.0 Å². The lowest BCUT2D eigenvalue weighted by molar-refractivity contribution is -0.155. The van der Waals surface area contributed by atoms with Gasteiger partial charge in [0.25, 0.3) is 5.91 Å². The molecule has 2 aromatic heterocycles. The molecule has 0 radical (unpaired) electrons. The maximum atomic E-state index is 14.7. The van der Waals surface area contributed by atoms with Crippen molar-refractivity contribution >= 4 is 40.9 Å². The highest BCUT2D eigenvalue weighted by atomic mass is 16.5. The number of carbonyl (C=O) groups is 5. The molecule has 0 aliphatic carbocycles. The number of aldehydes is 1. The smallest absolute Gasteiger partial charge is 0.324 e. The van der Waals surface area contributed by atoms with Crippen LogP contribution in [0.25, 0.3) is 33.3 Å². The summed E-state index contributed by atoms with van der Waals surface area (Å²) in [5.41, 5.74) is 10.5. The van der Waals surface area contributed by atoms with Crippen molar-refractivity contribution in [3.05, 3.63) is 77.6 Å². The number of benzene rings is 2. The molecular formula is C55H75N7O7. The summed E-state index contributed by atoms with van der Waals surface area (Å²) in [6.07, 6.45) is 3.87. The Morgan fingerprint density at radius 2 is 1.77 bits per heavy atom. The van der Waals surface area contributed by atoms with Crippen molar-refractivity contribution in [1.29, 1.82) is 0 Å². The number of rotatable bonds is 10. The molecule has 6 bridgehead atoms. The van der Waals surface area contributed by atoms with Gasteiger partial charge >= 0.3 is 5.97 Å². The van der Waals surface area contributed by atoms with Gasteiger partial charge in [0.2, 0.25) is 11.8 Å². The number of nitrogens with zero attached hydrogens (tertiary/aromatic N) is 5. The Labute approximate surface area is 409 Å². The molecule has 4 atom stereocenters. The minimum atomic E-state index is -1.03. The van der Waals surface area contributed by atoms with Gasteiger partial charge < -0.3 is 24.3 Å². The Morgan fingerprint density at radius 1 is 1.04 bits per heavy atom. The lowest BCUT2D eigenvalue weighted by Gasteiger charge is -2.41. The number of ether oxygens (including phenoxy) is 2. The molecule has 2 aromatic carbocycles. The monoisotopic (exact) mass is 946 g/mol. The molecule has 4 aromatic rings. The Morgan fingerprint density at radius 3 is 2.45 bits per heavy atom. The molecule has 3 aliphatic rings.